The molecule has 0 saturated carbocycles. The van der Waals surface area contributed by atoms with Crippen molar-refractivity contribution in [3.8, 4) is 0 Å². The van der Waals surface area contributed by atoms with Crippen molar-refractivity contribution < 1.29 is 14.4 Å². The first-order valence-corrected chi connectivity index (χ1v) is 8.37. The van der Waals surface area contributed by atoms with Gasteiger partial charge < -0.3 is 10.6 Å². The summed E-state index contributed by atoms with van der Waals surface area (Å²) < 4.78 is 0. The van der Waals surface area contributed by atoms with E-state index in [0.717, 1.165) is 10.5 Å². The first-order valence-electron chi connectivity index (χ1n) is 8.37. The molecule has 26 heavy (non-hydrogen) atoms. The Bertz CT molecular complexity index is 810. The predicted octanol–water partition coefficient (Wildman–Crippen LogP) is 1.21. The Balaban J connectivity index is 1.58. The Kier molecular flexibility index (Phi) is 4.97. The van der Waals surface area contributed by atoms with E-state index in [0.29, 0.717) is 18.7 Å². The molecule has 0 bridgehead atoms. The van der Waals surface area contributed by atoms with Gasteiger partial charge in [0, 0.05) is 12.7 Å². The second-order valence-corrected chi connectivity index (χ2v) is 6.25. The standard InChI is InChI=1S/C19H20N4O3/c1-19(15-9-5-6-11-20-15)17(25)23(18(26)22-19)13-16(24)21-12-10-14-7-3-2-4-8-14/h2-9,11H,10,12-13H2,1H3,(H,21,24)(H,22,26). The quantitative estimate of drug-likeness (QED) is 0.765. The van der Waals surface area contributed by atoms with Crippen molar-refractivity contribution >= 4 is 17.8 Å². The van der Waals surface area contributed by atoms with Crippen molar-refractivity contribution in [2.45, 2.75) is 18.9 Å². The third kappa shape index (κ3) is 3.56. The van der Waals surface area contributed by atoms with Crippen LogP contribution in [0.1, 0.15) is 18.2 Å². The largest absolute Gasteiger partial charge is 0.354 e. The minimum atomic E-state index is -1.26. The number of carbonyl (C=O) groups excluding carboxylic acids is 3. The second-order valence-electron chi connectivity index (χ2n) is 6.25. The predicted molar refractivity (Wildman–Crippen MR) is 95.0 cm³/mol. The van der Waals surface area contributed by atoms with Crippen LogP contribution >= 0.6 is 0 Å². The lowest BCUT2D eigenvalue weighted by molar-refractivity contribution is -0.134. The van der Waals surface area contributed by atoms with Crippen molar-refractivity contribution in [2.75, 3.05) is 13.1 Å². The normalized spacial score (nSPS) is 19.3. The van der Waals surface area contributed by atoms with Crippen LogP contribution in [0.15, 0.2) is 54.7 Å². The number of benzene rings is 1. The van der Waals surface area contributed by atoms with Gasteiger partial charge in [-0.25, -0.2) is 4.79 Å². The summed E-state index contributed by atoms with van der Waals surface area (Å²) in [7, 11) is 0. The SMILES string of the molecule is CC1(c2ccccn2)NC(=O)N(CC(=O)NCCc2ccccc2)C1=O. The number of hydrogen-bond acceptors (Lipinski definition) is 4. The van der Waals surface area contributed by atoms with E-state index in [-0.39, 0.29) is 12.5 Å². The molecule has 7 heteroatoms. The highest BCUT2D eigenvalue weighted by Crippen LogP contribution is 2.26. The van der Waals surface area contributed by atoms with E-state index in [1.165, 1.54) is 0 Å². The van der Waals surface area contributed by atoms with Gasteiger partial charge in [0.25, 0.3) is 5.91 Å². The average Bonchev–Trinajstić information content (AvgIpc) is 2.87. The van der Waals surface area contributed by atoms with Crippen LogP contribution in [0.5, 0.6) is 0 Å². The molecule has 1 atom stereocenters. The van der Waals surface area contributed by atoms with E-state index in [1.807, 2.05) is 30.3 Å². The van der Waals surface area contributed by atoms with Crippen LogP contribution in [-0.4, -0.2) is 40.8 Å². The molecule has 2 heterocycles. The molecule has 4 amide bonds. The summed E-state index contributed by atoms with van der Waals surface area (Å²) in [6, 6.07) is 14.3. The van der Waals surface area contributed by atoms with Crippen molar-refractivity contribution in [1.82, 2.24) is 20.5 Å². The molecule has 1 aliphatic heterocycles. The van der Waals surface area contributed by atoms with E-state index in [2.05, 4.69) is 15.6 Å². The smallest absolute Gasteiger partial charge is 0.325 e. The number of amides is 4. The van der Waals surface area contributed by atoms with Crippen molar-refractivity contribution in [1.29, 1.82) is 0 Å². The number of imide groups is 1. The molecular formula is C19H20N4O3. The number of nitrogens with zero attached hydrogens (tertiary/aromatic N) is 2. The number of pyridine rings is 1. The van der Waals surface area contributed by atoms with Gasteiger partial charge in [-0.1, -0.05) is 36.4 Å². The van der Waals surface area contributed by atoms with Gasteiger partial charge in [0.1, 0.15) is 6.54 Å². The summed E-state index contributed by atoms with van der Waals surface area (Å²) in [4.78, 5) is 42.1. The van der Waals surface area contributed by atoms with Crippen LogP contribution in [0, 0.1) is 0 Å². The summed E-state index contributed by atoms with van der Waals surface area (Å²) in [6.07, 6.45) is 2.23. The van der Waals surface area contributed by atoms with E-state index < -0.39 is 17.5 Å². The fourth-order valence-corrected chi connectivity index (χ4v) is 2.86. The molecule has 0 radical (unpaired) electrons. The first-order chi connectivity index (χ1) is 12.5. The van der Waals surface area contributed by atoms with Gasteiger partial charge in [-0.05, 0) is 31.0 Å². The average molecular weight is 352 g/mol. The Morgan fingerprint density at radius 3 is 2.58 bits per heavy atom. The van der Waals surface area contributed by atoms with Crippen LogP contribution in [0.4, 0.5) is 4.79 Å². The number of aromatic nitrogens is 1. The Morgan fingerprint density at radius 1 is 1.15 bits per heavy atom. The minimum Gasteiger partial charge on any atom is -0.354 e. The van der Waals surface area contributed by atoms with E-state index >= 15 is 0 Å². The van der Waals surface area contributed by atoms with Crippen LogP contribution in [-0.2, 0) is 21.5 Å². The van der Waals surface area contributed by atoms with E-state index in [4.69, 9.17) is 0 Å². The molecule has 1 saturated heterocycles. The molecule has 1 unspecified atom stereocenters. The molecule has 2 N–H and O–H groups in total. The number of rotatable bonds is 6. The third-order valence-corrected chi connectivity index (χ3v) is 4.33. The Morgan fingerprint density at radius 2 is 1.88 bits per heavy atom. The summed E-state index contributed by atoms with van der Waals surface area (Å²) in [5.74, 6) is -0.867. The van der Waals surface area contributed by atoms with E-state index in [9.17, 15) is 14.4 Å². The lowest BCUT2D eigenvalue weighted by Gasteiger charge is -2.20. The molecule has 7 nitrogen and oxygen atoms in total. The number of carbonyl (C=O) groups is 3. The van der Waals surface area contributed by atoms with Crippen LogP contribution in [0.25, 0.3) is 0 Å². The van der Waals surface area contributed by atoms with Gasteiger partial charge in [-0.2, -0.15) is 0 Å². The first kappa shape index (κ1) is 17.6. The molecule has 1 fully saturated rings. The van der Waals surface area contributed by atoms with Gasteiger partial charge in [0.15, 0.2) is 5.54 Å². The lowest BCUT2D eigenvalue weighted by atomic mass is 9.97. The molecular weight excluding hydrogens is 332 g/mol. The maximum Gasteiger partial charge on any atom is 0.325 e. The summed E-state index contributed by atoms with van der Waals surface area (Å²) in [6.45, 7) is 1.70. The van der Waals surface area contributed by atoms with Gasteiger partial charge in [-0.15, -0.1) is 0 Å². The van der Waals surface area contributed by atoms with Crippen molar-refractivity contribution in [3.05, 3.63) is 66.0 Å². The fraction of sp³-hybridized carbons (Fsp3) is 0.263. The molecule has 1 aromatic carbocycles. The zero-order chi connectivity index (χ0) is 18.6. The number of urea groups is 1. The second kappa shape index (κ2) is 7.35. The topological polar surface area (TPSA) is 91.4 Å². The van der Waals surface area contributed by atoms with Crippen molar-refractivity contribution in [2.24, 2.45) is 0 Å². The highest BCUT2D eigenvalue weighted by molar-refractivity contribution is 6.08. The number of nitrogens with one attached hydrogen (secondary N) is 2. The third-order valence-electron chi connectivity index (χ3n) is 4.33. The van der Waals surface area contributed by atoms with Crippen LogP contribution in [0.3, 0.4) is 0 Å². The molecule has 0 spiro atoms. The zero-order valence-corrected chi connectivity index (χ0v) is 14.4. The number of hydrogen-bond donors (Lipinski definition) is 2. The summed E-state index contributed by atoms with van der Waals surface area (Å²) in [5.41, 5.74) is 0.277. The van der Waals surface area contributed by atoms with Gasteiger partial charge in [0.05, 0.1) is 5.69 Å². The fourth-order valence-electron chi connectivity index (χ4n) is 2.86. The summed E-state index contributed by atoms with van der Waals surface area (Å²) in [5, 5.41) is 5.37. The van der Waals surface area contributed by atoms with Crippen LogP contribution < -0.4 is 10.6 Å². The maximum absolute atomic E-state index is 12.7. The lowest BCUT2D eigenvalue weighted by Crippen LogP contribution is -2.43. The van der Waals surface area contributed by atoms with Gasteiger partial charge >= 0.3 is 6.03 Å². The molecule has 2 aromatic rings. The van der Waals surface area contributed by atoms with Crippen LogP contribution in [0.2, 0.25) is 0 Å². The Labute approximate surface area is 151 Å². The zero-order valence-electron chi connectivity index (χ0n) is 14.4. The summed E-state index contributed by atoms with van der Waals surface area (Å²) >= 11 is 0. The molecule has 1 aliphatic rings. The minimum absolute atomic E-state index is 0.318. The van der Waals surface area contributed by atoms with Crippen molar-refractivity contribution in [3.63, 3.8) is 0 Å². The molecule has 0 aliphatic carbocycles. The van der Waals surface area contributed by atoms with Gasteiger partial charge in [-0.3, -0.25) is 19.5 Å². The molecule has 3 rings (SSSR count). The molecule has 134 valence electrons. The van der Waals surface area contributed by atoms with E-state index in [1.54, 1.807) is 31.3 Å². The van der Waals surface area contributed by atoms with Gasteiger partial charge in [0.2, 0.25) is 5.91 Å². The Hall–Kier alpha value is -3.22. The highest BCUT2D eigenvalue weighted by Gasteiger charge is 2.50. The molecule has 1 aromatic heterocycles. The highest BCUT2D eigenvalue weighted by atomic mass is 16.2. The maximum atomic E-state index is 12.7. The monoisotopic (exact) mass is 352 g/mol.